The molecule has 1 aromatic carbocycles. The number of nitrogens with zero attached hydrogens (tertiary/aromatic N) is 4. The van der Waals surface area contributed by atoms with E-state index in [-0.39, 0.29) is 18.0 Å². The number of carbonyl (C=O) groups is 2. The van der Waals surface area contributed by atoms with Gasteiger partial charge in [-0.3, -0.25) is 14.2 Å². The van der Waals surface area contributed by atoms with Gasteiger partial charge in [-0.1, -0.05) is 0 Å². The van der Waals surface area contributed by atoms with Crippen molar-refractivity contribution in [2.45, 2.75) is 26.8 Å². The van der Waals surface area contributed by atoms with Crippen LogP contribution in [-0.2, 0) is 17.8 Å². The highest BCUT2D eigenvalue weighted by Gasteiger charge is 2.27. The van der Waals surface area contributed by atoms with Gasteiger partial charge in [-0.25, -0.2) is 9.78 Å². The molecule has 0 bridgehead atoms. The van der Waals surface area contributed by atoms with Gasteiger partial charge in [0.25, 0.3) is 5.56 Å². The molecule has 0 saturated carbocycles. The number of carbonyl (C=O) groups excluding carboxylic acids is 1. The van der Waals surface area contributed by atoms with Crippen molar-refractivity contribution in [1.29, 1.82) is 0 Å². The minimum absolute atomic E-state index is 0.0784. The highest BCUT2D eigenvalue weighted by molar-refractivity contribution is 5.89. The van der Waals surface area contributed by atoms with Crippen LogP contribution in [0.15, 0.2) is 47.7 Å². The molecule has 148 valence electrons. The number of imidazole rings is 1. The first-order valence-electron chi connectivity index (χ1n) is 9.24. The lowest BCUT2D eigenvalue weighted by Crippen LogP contribution is -2.38. The zero-order valence-corrected chi connectivity index (χ0v) is 16.1. The number of fused-ring (bicyclic) bond motifs is 1. The number of hydrogen-bond acceptors (Lipinski definition) is 4. The first-order valence-corrected chi connectivity index (χ1v) is 9.24. The normalized spacial score (nSPS) is 13.2. The highest BCUT2D eigenvalue weighted by Crippen LogP contribution is 2.23. The lowest BCUT2D eigenvalue weighted by molar-refractivity contribution is -0.129. The molecular weight excluding hydrogens is 372 g/mol. The molecule has 8 heteroatoms. The Morgan fingerprint density at radius 3 is 2.31 bits per heavy atom. The minimum atomic E-state index is -1.25. The van der Waals surface area contributed by atoms with Gasteiger partial charge in [0.1, 0.15) is 11.4 Å². The molecule has 0 fully saturated rings. The first kappa shape index (κ1) is 18.7. The molecule has 1 aliphatic heterocycles. The van der Waals surface area contributed by atoms with Crippen LogP contribution < -0.4 is 5.56 Å². The third kappa shape index (κ3) is 3.22. The summed E-state index contributed by atoms with van der Waals surface area (Å²) in [6.45, 7) is 4.07. The van der Waals surface area contributed by atoms with Crippen LogP contribution in [0.2, 0.25) is 0 Å². The van der Waals surface area contributed by atoms with Crippen molar-refractivity contribution in [3.05, 3.63) is 75.7 Å². The van der Waals surface area contributed by atoms with E-state index in [9.17, 15) is 19.5 Å². The van der Waals surface area contributed by atoms with Gasteiger partial charge in [0.05, 0.1) is 0 Å². The van der Waals surface area contributed by atoms with Crippen molar-refractivity contribution in [2.24, 2.45) is 0 Å². The molecule has 3 aromatic rings. The summed E-state index contributed by atoms with van der Waals surface area (Å²) < 4.78 is 3.25. The Morgan fingerprint density at radius 2 is 1.76 bits per heavy atom. The quantitative estimate of drug-likeness (QED) is 0.735. The number of aryl methyl sites for hydroxylation is 1. The zero-order valence-electron chi connectivity index (χ0n) is 16.1. The zero-order chi connectivity index (χ0) is 20.7. The number of benzene rings is 1. The predicted octanol–water partition coefficient (Wildman–Crippen LogP) is 1.93. The van der Waals surface area contributed by atoms with Gasteiger partial charge in [-0.2, -0.15) is 0 Å². The van der Waals surface area contributed by atoms with Gasteiger partial charge in [-0.15, -0.1) is 0 Å². The summed E-state index contributed by atoms with van der Waals surface area (Å²) >= 11 is 0. The molecule has 29 heavy (non-hydrogen) atoms. The van der Waals surface area contributed by atoms with Gasteiger partial charge < -0.3 is 14.6 Å². The van der Waals surface area contributed by atoms with Crippen molar-refractivity contribution in [3.8, 4) is 11.4 Å². The maximum atomic E-state index is 13.0. The number of aromatic nitrogens is 3. The second-order valence-electron chi connectivity index (χ2n) is 7.04. The molecule has 1 aliphatic rings. The number of aromatic carboxylic acids is 1. The van der Waals surface area contributed by atoms with Crippen LogP contribution in [0.4, 0.5) is 0 Å². The molecule has 1 amide bonds. The van der Waals surface area contributed by atoms with E-state index in [1.54, 1.807) is 29.4 Å². The fourth-order valence-electron chi connectivity index (χ4n) is 3.76. The summed E-state index contributed by atoms with van der Waals surface area (Å²) in [5.74, 6) is -0.492. The Labute approximate surface area is 166 Å². The van der Waals surface area contributed by atoms with E-state index < -0.39 is 11.5 Å². The monoisotopic (exact) mass is 392 g/mol. The van der Waals surface area contributed by atoms with Gasteiger partial charge in [-0.05, 0) is 48.7 Å². The summed E-state index contributed by atoms with van der Waals surface area (Å²) in [4.78, 5) is 42.4. The van der Waals surface area contributed by atoms with Crippen LogP contribution in [0, 0.1) is 6.92 Å². The van der Waals surface area contributed by atoms with E-state index in [1.165, 1.54) is 11.5 Å². The third-order valence-corrected chi connectivity index (χ3v) is 5.29. The standard InChI is InChI=1S/C21H20N4O4/c1-13-22-8-10-24(13)16-3-5-17(6-4-16)25-12-15-11-23(14(2)26)9-7-18(15)19(20(25)27)21(28)29/h3-6,8,10,12H,7,9,11H2,1-2H3,(H,28,29). The minimum Gasteiger partial charge on any atom is -0.477 e. The number of amides is 1. The van der Waals surface area contributed by atoms with Crippen LogP contribution >= 0.6 is 0 Å². The van der Waals surface area contributed by atoms with Gasteiger partial charge in [0, 0.05) is 50.0 Å². The average Bonchev–Trinajstić information content (AvgIpc) is 3.12. The molecule has 0 saturated heterocycles. The highest BCUT2D eigenvalue weighted by atomic mass is 16.4. The van der Waals surface area contributed by atoms with E-state index in [1.807, 2.05) is 29.8 Å². The lowest BCUT2D eigenvalue weighted by Gasteiger charge is -2.29. The number of rotatable bonds is 3. The molecule has 4 rings (SSSR count). The third-order valence-electron chi connectivity index (χ3n) is 5.29. The van der Waals surface area contributed by atoms with E-state index >= 15 is 0 Å². The molecule has 0 spiro atoms. The number of hydrogen-bond donors (Lipinski definition) is 1. The Kier molecular flexibility index (Phi) is 4.54. The maximum absolute atomic E-state index is 13.0. The molecule has 0 unspecified atom stereocenters. The predicted molar refractivity (Wildman–Crippen MR) is 106 cm³/mol. The Bertz CT molecular complexity index is 1170. The molecule has 2 aromatic heterocycles. The van der Waals surface area contributed by atoms with Crippen LogP contribution in [0.25, 0.3) is 11.4 Å². The SMILES string of the molecule is CC(=O)N1CCc2c(cn(-c3ccc(-n4ccnc4C)cc3)c(=O)c2C(=O)O)C1. The van der Waals surface area contributed by atoms with Crippen molar-refractivity contribution in [3.63, 3.8) is 0 Å². The van der Waals surface area contributed by atoms with Crippen LogP contribution in [-0.4, -0.2) is 42.5 Å². The van der Waals surface area contributed by atoms with Crippen LogP contribution in [0.1, 0.15) is 34.2 Å². The van der Waals surface area contributed by atoms with Gasteiger partial charge in [0.2, 0.25) is 5.91 Å². The summed E-state index contributed by atoms with van der Waals surface area (Å²) in [5.41, 5.74) is 1.84. The first-order chi connectivity index (χ1) is 13.9. The lowest BCUT2D eigenvalue weighted by atomic mass is 9.96. The van der Waals surface area contributed by atoms with Gasteiger partial charge >= 0.3 is 5.97 Å². The summed E-state index contributed by atoms with van der Waals surface area (Å²) in [6.07, 6.45) is 5.55. The molecular formula is C21H20N4O4. The van der Waals surface area contributed by atoms with Crippen molar-refractivity contribution in [2.75, 3.05) is 6.54 Å². The number of carboxylic acid groups (broad SMARTS) is 1. The summed E-state index contributed by atoms with van der Waals surface area (Å²) in [6, 6.07) is 7.22. The molecule has 0 radical (unpaired) electrons. The van der Waals surface area contributed by atoms with E-state index in [0.29, 0.717) is 29.8 Å². The Hall–Kier alpha value is -3.68. The Balaban J connectivity index is 1.82. The van der Waals surface area contributed by atoms with E-state index in [4.69, 9.17) is 0 Å². The second-order valence-corrected chi connectivity index (χ2v) is 7.04. The largest absolute Gasteiger partial charge is 0.477 e. The second kappa shape index (κ2) is 7.05. The number of pyridine rings is 1. The van der Waals surface area contributed by atoms with Crippen LogP contribution in [0.5, 0.6) is 0 Å². The molecule has 3 heterocycles. The summed E-state index contributed by atoms with van der Waals surface area (Å²) in [7, 11) is 0. The van der Waals surface area contributed by atoms with Crippen LogP contribution in [0.3, 0.4) is 0 Å². The fourth-order valence-corrected chi connectivity index (χ4v) is 3.76. The van der Waals surface area contributed by atoms with Crippen molar-refractivity contribution in [1.82, 2.24) is 19.0 Å². The molecule has 0 aliphatic carbocycles. The van der Waals surface area contributed by atoms with Gasteiger partial charge in [0.15, 0.2) is 0 Å². The van der Waals surface area contributed by atoms with E-state index in [0.717, 1.165) is 11.5 Å². The van der Waals surface area contributed by atoms with Crippen molar-refractivity contribution >= 4 is 11.9 Å². The molecule has 1 N–H and O–H groups in total. The molecule has 8 nitrogen and oxygen atoms in total. The topological polar surface area (TPSA) is 97.4 Å². The smallest absolute Gasteiger partial charge is 0.341 e. The molecule has 0 atom stereocenters. The Morgan fingerprint density at radius 1 is 1.10 bits per heavy atom. The van der Waals surface area contributed by atoms with Crippen molar-refractivity contribution < 1.29 is 14.7 Å². The fraction of sp³-hybridized carbons (Fsp3) is 0.238. The average molecular weight is 392 g/mol. The maximum Gasteiger partial charge on any atom is 0.341 e. The summed E-state index contributed by atoms with van der Waals surface area (Å²) in [5, 5.41) is 9.66. The number of carboxylic acids is 1. The van der Waals surface area contributed by atoms with E-state index in [2.05, 4.69) is 4.98 Å².